The number of carbonyl (C=O) groups is 2. The van der Waals surface area contributed by atoms with Gasteiger partial charge in [-0.3, -0.25) is 9.59 Å². The largest absolute Gasteiger partial charge is 0.324 e. The highest BCUT2D eigenvalue weighted by molar-refractivity contribution is 5.99. The first kappa shape index (κ1) is 21.8. The normalized spacial score (nSPS) is 10.5. The fourth-order valence-corrected chi connectivity index (χ4v) is 3.09. The molecule has 2 aromatic carbocycles. The Morgan fingerprint density at radius 3 is 2.16 bits per heavy atom. The average molecular weight is 418 g/mol. The van der Waals surface area contributed by atoms with E-state index in [2.05, 4.69) is 16.0 Å². The molecule has 0 atom stereocenters. The van der Waals surface area contributed by atoms with Crippen molar-refractivity contribution >= 4 is 29.0 Å². The van der Waals surface area contributed by atoms with E-state index in [1.165, 1.54) is 10.6 Å². The molecule has 3 N–H and O–H groups in total. The van der Waals surface area contributed by atoms with Crippen LogP contribution < -0.4 is 21.5 Å². The number of benzene rings is 2. The molecule has 0 saturated heterocycles. The third-order valence-corrected chi connectivity index (χ3v) is 4.92. The fourth-order valence-electron chi connectivity index (χ4n) is 3.09. The number of aryl methyl sites for hydroxylation is 4. The van der Waals surface area contributed by atoms with Gasteiger partial charge in [0.2, 0.25) is 5.91 Å². The Labute approximate surface area is 181 Å². The molecule has 31 heavy (non-hydrogen) atoms. The number of urea groups is 1. The van der Waals surface area contributed by atoms with E-state index in [4.69, 9.17) is 0 Å². The van der Waals surface area contributed by atoms with Gasteiger partial charge < -0.3 is 20.5 Å². The highest BCUT2D eigenvalue weighted by atomic mass is 16.2. The Kier molecular flexibility index (Phi) is 6.55. The van der Waals surface area contributed by atoms with Crippen molar-refractivity contribution in [1.82, 2.24) is 4.57 Å². The van der Waals surface area contributed by atoms with Crippen LogP contribution in [-0.2, 0) is 11.3 Å². The van der Waals surface area contributed by atoms with Crippen molar-refractivity contribution in [2.45, 2.75) is 34.2 Å². The van der Waals surface area contributed by atoms with Gasteiger partial charge in [0, 0.05) is 17.1 Å². The first-order valence-corrected chi connectivity index (χ1v) is 9.95. The monoisotopic (exact) mass is 418 g/mol. The topological polar surface area (TPSA) is 92.2 Å². The predicted molar refractivity (Wildman–Crippen MR) is 124 cm³/mol. The molecule has 3 rings (SSSR count). The van der Waals surface area contributed by atoms with E-state index in [1.54, 1.807) is 25.1 Å². The zero-order valence-corrected chi connectivity index (χ0v) is 18.1. The Bertz CT molecular complexity index is 1180. The van der Waals surface area contributed by atoms with Gasteiger partial charge in [-0.05, 0) is 69.2 Å². The summed E-state index contributed by atoms with van der Waals surface area (Å²) in [6.45, 7) is 7.38. The van der Waals surface area contributed by atoms with E-state index in [-0.39, 0.29) is 18.1 Å². The van der Waals surface area contributed by atoms with Crippen molar-refractivity contribution < 1.29 is 9.59 Å². The molecule has 0 fully saturated rings. The summed E-state index contributed by atoms with van der Waals surface area (Å²) in [4.78, 5) is 37.8. The average Bonchev–Trinajstić information content (AvgIpc) is 2.72. The Morgan fingerprint density at radius 2 is 1.45 bits per heavy atom. The number of nitrogens with one attached hydrogen (secondary N) is 3. The standard InChI is InChI=1S/C24H26N4O3/c1-15-6-10-19(11-7-15)25-24(31)27-20-12-9-18(4)28(23(20)30)14-22(29)26-21-13-16(2)5-8-17(21)3/h5-13H,14H2,1-4H3,(H,26,29)(H2,25,27,31). The minimum Gasteiger partial charge on any atom is -0.324 e. The molecule has 3 amide bonds. The predicted octanol–water partition coefficient (Wildman–Crippen LogP) is 4.36. The Balaban J connectivity index is 1.73. The number of amides is 3. The molecule has 0 saturated carbocycles. The summed E-state index contributed by atoms with van der Waals surface area (Å²) in [5.74, 6) is -0.319. The lowest BCUT2D eigenvalue weighted by atomic mass is 10.1. The Hall–Kier alpha value is -3.87. The van der Waals surface area contributed by atoms with Crippen LogP contribution in [0.3, 0.4) is 0 Å². The fraction of sp³-hybridized carbons (Fsp3) is 0.208. The van der Waals surface area contributed by atoms with E-state index in [9.17, 15) is 14.4 Å². The maximum absolute atomic E-state index is 12.9. The number of pyridine rings is 1. The second kappa shape index (κ2) is 9.30. The van der Waals surface area contributed by atoms with Crippen LogP contribution in [0.15, 0.2) is 59.4 Å². The molecule has 3 aromatic rings. The molecule has 0 bridgehead atoms. The van der Waals surface area contributed by atoms with E-state index in [1.807, 2.05) is 51.1 Å². The highest BCUT2D eigenvalue weighted by Crippen LogP contribution is 2.16. The van der Waals surface area contributed by atoms with Crippen molar-refractivity contribution in [2.24, 2.45) is 0 Å². The van der Waals surface area contributed by atoms with E-state index < -0.39 is 11.6 Å². The lowest BCUT2D eigenvalue weighted by Gasteiger charge is -2.14. The van der Waals surface area contributed by atoms with E-state index in [0.717, 1.165) is 16.7 Å². The van der Waals surface area contributed by atoms with Gasteiger partial charge in [0.25, 0.3) is 5.56 Å². The maximum Gasteiger partial charge on any atom is 0.323 e. The third-order valence-electron chi connectivity index (χ3n) is 4.92. The molecule has 7 nitrogen and oxygen atoms in total. The molecular weight excluding hydrogens is 392 g/mol. The van der Waals surface area contributed by atoms with Crippen molar-refractivity contribution in [1.29, 1.82) is 0 Å². The number of hydrogen-bond donors (Lipinski definition) is 3. The molecule has 0 aliphatic rings. The van der Waals surface area contributed by atoms with Crippen LogP contribution in [0.4, 0.5) is 21.9 Å². The van der Waals surface area contributed by atoms with Crippen molar-refractivity contribution in [3.63, 3.8) is 0 Å². The second-order valence-electron chi connectivity index (χ2n) is 7.59. The lowest BCUT2D eigenvalue weighted by Crippen LogP contribution is -2.32. The van der Waals surface area contributed by atoms with Gasteiger partial charge in [-0.15, -0.1) is 0 Å². The second-order valence-corrected chi connectivity index (χ2v) is 7.59. The summed E-state index contributed by atoms with van der Waals surface area (Å²) in [6.07, 6.45) is 0. The number of aromatic nitrogens is 1. The molecule has 0 aliphatic carbocycles. The number of nitrogens with zero attached hydrogens (tertiary/aromatic N) is 1. The zero-order chi connectivity index (χ0) is 22.5. The molecule has 0 radical (unpaired) electrons. The number of hydrogen-bond acceptors (Lipinski definition) is 3. The van der Waals surface area contributed by atoms with Crippen LogP contribution in [-0.4, -0.2) is 16.5 Å². The van der Waals surface area contributed by atoms with Crippen LogP contribution >= 0.6 is 0 Å². The summed E-state index contributed by atoms with van der Waals surface area (Å²) < 4.78 is 1.34. The van der Waals surface area contributed by atoms with Crippen LogP contribution in [0.25, 0.3) is 0 Å². The molecule has 0 aliphatic heterocycles. The SMILES string of the molecule is Cc1ccc(NC(=O)Nc2ccc(C)n(CC(=O)Nc3cc(C)ccc3C)c2=O)cc1. The Morgan fingerprint density at radius 1 is 0.774 bits per heavy atom. The van der Waals surface area contributed by atoms with Crippen LogP contribution in [0.2, 0.25) is 0 Å². The summed E-state index contributed by atoms with van der Waals surface area (Å²) in [5.41, 5.74) is 4.62. The molecule has 160 valence electrons. The smallest absolute Gasteiger partial charge is 0.323 e. The summed E-state index contributed by atoms with van der Waals surface area (Å²) in [6, 6.07) is 15.8. The number of anilines is 3. The molecule has 0 spiro atoms. The van der Waals surface area contributed by atoms with Crippen molar-refractivity contribution in [3.05, 3.63) is 87.3 Å². The van der Waals surface area contributed by atoms with E-state index >= 15 is 0 Å². The summed E-state index contributed by atoms with van der Waals surface area (Å²) in [5, 5.41) is 8.10. The molecule has 0 unspecified atom stereocenters. The molecule has 1 aromatic heterocycles. The first-order valence-electron chi connectivity index (χ1n) is 9.95. The van der Waals surface area contributed by atoms with Crippen LogP contribution in [0, 0.1) is 27.7 Å². The van der Waals surface area contributed by atoms with Crippen molar-refractivity contribution in [3.8, 4) is 0 Å². The van der Waals surface area contributed by atoms with Gasteiger partial charge in [-0.1, -0.05) is 29.8 Å². The molecule has 1 heterocycles. The van der Waals surface area contributed by atoms with Gasteiger partial charge in [-0.25, -0.2) is 4.79 Å². The summed E-state index contributed by atoms with van der Waals surface area (Å²) >= 11 is 0. The third kappa shape index (κ3) is 5.60. The van der Waals surface area contributed by atoms with Gasteiger partial charge in [0.15, 0.2) is 0 Å². The zero-order valence-electron chi connectivity index (χ0n) is 18.1. The molecular formula is C24H26N4O3. The van der Waals surface area contributed by atoms with Gasteiger partial charge in [-0.2, -0.15) is 0 Å². The summed E-state index contributed by atoms with van der Waals surface area (Å²) in [7, 11) is 0. The maximum atomic E-state index is 12.9. The highest BCUT2D eigenvalue weighted by Gasteiger charge is 2.13. The van der Waals surface area contributed by atoms with Crippen LogP contribution in [0.1, 0.15) is 22.4 Å². The first-order chi connectivity index (χ1) is 14.7. The number of carbonyl (C=O) groups excluding carboxylic acids is 2. The minimum absolute atomic E-state index is 0.0924. The van der Waals surface area contributed by atoms with E-state index in [0.29, 0.717) is 17.1 Å². The quantitative estimate of drug-likeness (QED) is 0.575. The van der Waals surface area contributed by atoms with Gasteiger partial charge in [0.05, 0.1) is 0 Å². The lowest BCUT2D eigenvalue weighted by molar-refractivity contribution is -0.116. The number of rotatable bonds is 5. The minimum atomic E-state index is -0.531. The molecule has 7 heteroatoms. The van der Waals surface area contributed by atoms with Crippen LogP contribution in [0.5, 0.6) is 0 Å². The van der Waals surface area contributed by atoms with Gasteiger partial charge in [0.1, 0.15) is 12.2 Å². The van der Waals surface area contributed by atoms with Gasteiger partial charge >= 0.3 is 6.03 Å². The van der Waals surface area contributed by atoms with Crippen molar-refractivity contribution in [2.75, 3.05) is 16.0 Å².